The fourth-order valence-corrected chi connectivity index (χ4v) is 5.44. The minimum atomic E-state index is -5.04. The van der Waals surface area contributed by atoms with Crippen LogP contribution in [0.1, 0.15) is 65.7 Å². The Morgan fingerprint density at radius 1 is 1.11 bits per heavy atom. The lowest BCUT2D eigenvalue weighted by molar-refractivity contribution is -0.321. The van der Waals surface area contributed by atoms with Gasteiger partial charge >= 0.3 is 18.2 Å². The third-order valence-electron chi connectivity index (χ3n) is 7.07. The fourth-order valence-electron chi connectivity index (χ4n) is 5.44. The standard InChI is InChI=1S/C24H35F3N4O6/c1-23(2,3)30-21(35)22(36)31-16-7-5-4-6-13(16)11-17(31)20(34)29-15(10-14-8-9-28-19(14)33)18(32)12-37-24(25,26)27/h13-17H,4-12H2,1-3H3,(H,28,33)(H,29,34)(H,30,35)/t13-,14-,15-,16-,17-/m0/s1. The molecule has 1 saturated carbocycles. The molecule has 0 aromatic carbocycles. The zero-order valence-electron chi connectivity index (χ0n) is 21.3. The largest absolute Gasteiger partial charge is 0.522 e. The molecule has 208 valence electrons. The summed E-state index contributed by atoms with van der Waals surface area (Å²) in [5.74, 6) is -4.53. The predicted molar refractivity (Wildman–Crippen MR) is 124 cm³/mol. The number of carbonyl (C=O) groups excluding carboxylic acids is 5. The topological polar surface area (TPSA) is 134 Å². The van der Waals surface area contributed by atoms with Gasteiger partial charge in [0.25, 0.3) is 0 Å². The second-order valence-corrected chi connectivity index (χ2v) is 11.1. The maximum Gasteiger partial charge on any atom is 0.522 e. The Hall–Kier alpha value is -2.70. The number of carbonyl (C=O) groups is 5. The summed E-state index contributed by atoms with van der Waals surface area (Å²) in [6, 6.07) is -2.82. The van der Waals surface area contributed by atoms with Gasteiger partial charge < -0.3 is 20.9 Å². The predicted octanol–water partition coefficient (Wildman–Crippen LogP) is 1.18. The average molecular weight is 533 g/mol. The van der Waals surface area contributed by atoms with Crippen LogP contribution < -0.4 is 16.0 Å². The van der Waals surface area contributed by atoms with Crippen molar-refractivity contribution in [2.45, 2.75) is 95.7 Å². The van der Waals surface area contributed by atoms with Crippen LogP contribution in [0.25, 0.3) is 0 Å². The highest BCUT2D eigenvalue weighted by atomic mass is 19.4. The van der Waals surface area contributed by atoms with Crippen LogP contribution in [0.4, 0.5) is 13.2 Å². The van der Waals surface area contributed by atoms with E-state index >= 15 is 0 Å². The van der Waals surface area contributed by atoms with Crippen molar-refractivity contribution in [1.29, 1.82) is 0 Å². The van der Waals surface area contributed by atoms with Crippen LogP contribution in [0.5, 0.6) is 0 Å². The normalized spacial score (nSPS) is 26.8. The van der Waals surface area contributed by atoms with Crippen molar-refractivity contribution in [2.75, 3.05) is 13.2 Å². The highest BCUT2D eigenvalue weighted by molar-refractivity contribution is 6.35. The Balaban J connectivity index is 1.80. The molecule has 3 rings (SSSR count). The molecule has 10 nitrogen and oxygen atoms in total. The first-order chi connectivity index (χ1) is 17.2. The number of ketones is 1. The van der Waals surface area contributed by atoms with E-state index in [4.69, 9.17) is 0 Å². The number of Topliss-reactive ketones (excluding diaryl/α,β-unsaturated/α-hetero) is 1. The van der Waals surface area contributed by atoms with E-state index in [1.165, 1.54) is 4.90 Å². The summed E-state index contributed by atoms with van der Waals surface area (Å²) in [6.45, 7) is 4.18. The molecule has 1 aliphatic carbocycles. The van der Waals surface area contributed by atoms with Crippen LogP contribution in [-0.4, -0.2) is 77.5 Å². The molecule has 2 heterocycles. The van der Waals surface area contributed by atoms with Crippen molar-refractivity contribution in [1.82, 2.24) is 20.9 Å². The first kappa shape index (κ1) is 28.9. The minimum absolute atomic E-state index is 0.0146. The molecule has 0 aromatic heterocycles. The molecular weight excluding hydrogens is 497 g/mol. The summed E-state index contributed by atoms with van der Waals surface area (Å²) < 4.78 is 41.3. The van der Waals surface area contributed by atoms with Gasteiger partial charge in [0.2, 0.25) is 11.8 Å². The maximum atomic E-state index is 13.4. The van der Waals surface area contributed by atoms with Crippen LogP contribution in [0.15, 0.2) is 0 Å². The highest BCUT2D eigenvalue weighted by Crippen LogP contribution is 2.40. The van der Waals surface area contributed by atoms with Crippen molar-refractivity contribution in [3.63, 3.8) is 0 Å². The quantitative estimate of drug-likeness (QED) is 0.422. The molecule has 13 heteroatoms. The van der Waals surface area contributed by atoms with Crippen molar-refractivity contribution in [2.24, 2.45) is 11.8 Å². The molecule has 0 spiro atoms. The number of alkyl halides is 3. The Kier molecular flexibility index (Phi) is 8.86. The Labute approximate surface area is 213 Å². The van der Waals surface area contributed by atoms with Gasteiger partial charge in [-0.15, -0.1) is 13.2 Å². The molecule has 3 N–H and O–H groups in total. The first-order valence-corrected chi connectivity index (χ1v) is 12.6. The zero-order chi connectivity index (χ0) is 27.5. The van der Waals surface area contributed by atoms with Crippen LogP contribution in [0, 0.1) is 11.8 Å². The highest BCUT2D eigenvalue weighted by Gasteiger charge is 2.49. The van der Waals surface area contributed by atoms with E-state index in [2.05, 4.69) is 20.7 Å². The molecule has 0 unspecified atom stereocenters. The summed E-state index contributed by atoms with van der Waals surface area (Å²) in [6.07, 6.45) is -1.48. The average Bonchev–Trinajstić information content (AvgIpc) is 3.38. The summed E-state index contributed by atoms with van der Waals surface area (Å²) >= 11 is 0. The third kappa shape index (κ3) is 7.65. The Bertz CT molecular complexity index is 919. The van der Waals surface area contributed by atoms with Gasteiger partial charge in [-0.25, -0.2) is 0 Å². The van der Waals surface area contributed by atoms with Crippen molar-refractivity contribution >= 4 is 29.4 Å². The van der Waals surface area contributed by atoms with E-state index in [0.717, 1.165) is 19.3 Å². The summed E-state index contributed by atoms with van der Waals surface area (Å²) in [5, 5.41) is 7.69. The lowest BCUT2D eigenvalue weighted by atomic mass is 9.84. The van der Waals surface area contributed by atoms with Gasteiger partial charge in [0.05, 0.1) is 6.04 Å². The van der Waals surface area contributed by atoms with Gasteiger partial charge in [-0.1, -0.05) is 12.8 Å². The number of nitrogens with one attached hydrogen (secondary N) is 3. The van der Waals surface area contributed by atoms with Gasteiger partial charge in [-0.3, -0.25) is 28.7 Å². The van der Waals surface area contributed by atoms with Gasteiger partial charge in [-0.05, 0) is 58.8 Å². The number of amides is 4. The van der Waals surface area contributed by atoms with E-state index < -0.39 is 60.0 Å². The number of fused-ring (bicyclic) bond motifs is 1. The monoisotopic (exact) mass is 532 g/mol. The van der Waals surface area contributed by atoms with Crippen LogP contribution in [-0.2, 0) is 28.7 Å². The van der Waals surface area contributed by atoms with Crippen molar-refractivity contribution < 1.29 is 41.9 Å². The van der Waals surface area contributed by atoms with Crippen molar-refractivity contribution in [3.8, 4) is 0 Å². The smallest absolute Gasteiger partial charge is 0.356 e. The molecule has 2 saturated heterocycles. The number of hydrogen-bond acceptors (Lipinski definition) is 6. The lowest BCUT2D eigenvalue weighted by Crippen LogP contribution is -2.57. The maximum absolute atomic E-state index is 13.4. The van der Waals surface area contributed by atoms with Crippen LogP contribution in [0.3, 0.4) is 0 Å². The van der Waals surface area contributed by atoms with Gasteiger partial charge in [0, 0.05) is 24.0 Å². The SMILES string of the molecule is CC(C)(C)NC(=O)C(=O)N1[C@H](C(=O)N[C@@H](C[C@@H]2CCNC2=O)C(=O)COC(F)(F)F)C[C@@H]2CCCC[C@@H]21. The van der Waals surface area contributed by atoms with Crippen LogP contribution in [0.2, 0.25) is 0 Å². The number of nitrogens with zero attached hydrogens (tertiary/aromatic N) is 1. The van der Waals surface area contributed by atoms with E-state index in [1.54, 1.807) is 20.8 Å². The second-order valence-electron chi connectivity index (χ2n) is 11.1. The molecule has 0 aromatic rings. The van der Waals surface area contributed by atoms with E-state index in [-0.39, 0.29) is 30.7 Å². The Morgan fingerprint density at radius 3 is 2.38 bits per heavy atom. The van der Waals surface area contributed by atoms with E-state index in [1.807, 2.05) is 0 Å². The molecule has 3 aliphatic rings. The number of likely N-dealkylation sites (tertiary alicyclic amines) is 1. The molecule has 0 radical (unpaired) electrons. The van der Waals surface area contributed by atoms with Gasteiger partial charge in [0.1, 0.15) is 12.6 Å². The van der Waals surface area contributed by atoms with Crippen LogP contribution >= 0.6 is 0 Å². The molecule has 5 atom stereocenters. The molecular formula is C24H35F3N4O6. The molecule has 0 bridgehead atoms. The number of hydrogen-bond donors (Lipinski definition) is 3. The Morgan fingerprint density at radius 2 is 1.78 bits per heavy atom. The number of rotatable bonds is 7. The van der Waals surface area contributed by atoms with Crippen molar-refractivity contribution in [3.05, 3.63) is 0 Å². The second kappa shape index (κ2) is 11.4. The summed E-state index contributed by atoms with van der Waals surface area (Å²) in [7, 11) is 0. The molecule has 3 fully saturated rings. The fraction of sp³-hybridized carbons (Fsp3) is 0.792. The molecule has 4 amide bonds. The minimum Gasteiger partial charge on any atom is -0.356 e. The lowest BCUT2D eigenvalue weighted by Gasteiger charge is -2.34. The van der Waals surface area contributed by atoms with Gasteiger partial charge in [-0.2, -0.15) is 0 Å². The van der Waals surface area contributed by atoms with Gasteiger partial charge in [0.15, 0.2) is 5.78 Å². The molecule has 2 aliphatic heterocycles. The van der Waals surface area contributed by atoms with E-state index in [9.17, 15) is 37.1 Å². The number of halogens is 3. The summed E-state index contributed by atoms with van der Waals surface area (Å²) in [5.41, 5.74) is -0.686. The number of ether oxygens (including phenoxy) is 1. The summed E-state index contributed by atoms with van der Waals surface area (Å²) in [4.78, 5) is 65.3. The third-order valence-corrected chi connectivity index (χ3v) is 7.07. The molecule has 37 heavy (non-hydrogen) atoms. The van der Waals surface area contributed by atoms with E-state index in [0.29, 0.717) is 19.4 Å². The zero-order valence-corrected chi connectivity index (χ0v) is 21.3. The first-order valence-electron chi connectivity index (χ1n) is 12.6.